The summed E-state index contributed by atoms with van der Waals surface area (Å²) in [6.45, 7) is 1.75. The first-order valence-corrected chi connectivity index (χ1v) is 4.53. The number of anilines is 1. The molecule has 0 saturated heterocycles. The summed E-state index contributed by atoms with van der Waals surface area (Å²) in [4.78, 5) is 22.3. The number of nitrogen functional groups attached to an aromatic ring is 1. The van der Waals surface area contributed by atoms with Crippen molar-refractivity contribution in [2.75, 3.05) is 19.5 Å². The van der Waals surface area contributed by atoms with Crippen LogP contribution in [0.2, 0.25) is 0 Å². The molecule has 0 radical (unpaired) electrons. The molecule has 0 amide bonds. The van der Waals surface area contributed by atoms with Crippen molar-refractivity contribution in [2.24, 2.45) is 0 Å². The van der Waals surface area contributed by atoms with Crippen molar-refractivity contribution in [1.82, 2.24) is 15.0 Å². The molecule has 0 fully saturated rings. The van der Waals surface area contributed by atoms with Crippen molar-refractivity contribution in [1.29, 1.82) is 0 Å². The Morgan fingerprint density at radius 2 is 2.19 bits per heavy atom. The van der Waals surface area contributed by atoms with Crippen LogP contribution in [-0.4, -0.2) is 40.6 Å². The summed E-state index contributed by atoms with van der Waals surface area (Å²) in [5.41, 5.74) is 5.43. The molecule has 8 nitrogen and oxygen atoms in total. The van der Waals surface area contributed by atoms with Gasteiger partial charge in [-0.1, -0.05) is 5.21 Å². The van der Waals surface area contributed by atoms with Gasteiger partial charge in [-0.2, -0.15) is 0 Å². The van der Waals surface area contributed by atoms with E-state index < -0.39 is 11.9 Å². The van der Waals surface area contributed by atoms with E-state index in [0.29, 0.717) is 0 Å². The van der Waals surface area contributed by atoms with Gasteiger partial charge in [0.15, 0.2) is 5.82 Å². The topological polar surface area (TPSA) is 109 Å². The van der Waals surface area contributed by atoms with Gasteiger partial charge >= 0.3 is 11.9 Å². The Kier molecular flexibility index (Phi) is 3.81. The molecule has 0 aliphatic rings. The highest BCUT2D eigenvalue weighted by Crippen LogP contribution is 2.08. The van der Waals surface area contributed by atoms with E-state index in [9.17, 15) is 9.59 Å². The van der Waals surface area contributed by atoms with Crippen molar-refractivity contribution < 1.29 is 19.1 Å². The van der Waals surface area contributed by atoms with Crippen LogP contribution in [-0.2, 0) is 20.8 Å². The number of esters is 2. The van der Waals surface area contributed by atoms with Crippen molar-refractivity contribution in [3.63, 3.8) is 0 Å². The van der Waals surface area contributed by atoms with Gasteiger partial charge in [-0.15, -0.1) is 5.10 Å². The molecule has 2 N–H and O–H groups in total. The standard InChI is InChI=1S/C8H12N4O4/c1-3-16-5(13)4-12-7(9)6(10-11-12)8(14)15-2/h3-4,9H2,1-2H3. The summed E-state index contributed by atoms with van der Waals surface area (Å²) >= 11 is 0. The molecule has 0 aliphatic heterocycles. The van der Waals surface area contributed by atoms with E-state index in [1.807, 2.05) is 0 Å². The van der Waals surface area contributed by atoms with Crippen LogP contribution < -0.4 is 5.73 Å². The number of carbonyl (C=O) groups excluding carboxylic acids is 2. The SMILES string of the molecule is CCOC(=O)Cn1nnc(C(=O)OC)c1N. The molecule has 8 heteroatoms. The summed E-state index contributed by atoms with van der Waals surface area (Å²) < 4.78 is 10.2. The third-order valence-corrected chi connectivity index (χ3v) is 1.74. The summed E-state index contributed by atoms with van der Waals surface area (Å²) in [5, 5.41) is 7.05. The maximum absolute atomic E-state index is 11.1. The van der Waals surface area contributed by atoms with Crippen LogP contribution in [0.25, 0.3) is 0 Å². The van der Waals surface area contributed by atoms with Crippen molar-refractivity contribution >= 4 is 17.8 Å². The molecule has 1 aromatic rings. The predicted molar refractivity (Wildman–Crippen MR) is 52.4 cm³/mol. The highest BCUT2D eigenvalue weighted by atomic mass is 16.5. The molecule has 0 aromatic carbocycles. The van der Waals surface area contributed by atoms with Gasteiger partial charge in [0, 0.05) is 0 Å². The van der Waals surface area contributed by atoms with Crippen LogP contribution in [0.4, 0.5) is 5.82 Å². The number of methoxy groups -OCH3 is 1. The van der Waals surface area contributed by atoms with Crippen LogP contribution in [0.3, 0.4) is 0 Å². The zero-order chi connectivity index (χ0) is 12.1. The van der Waals surface area contributed by atoms with Crippen LogP contribution in [0.5, 0.6) is 0 Å². The van der Waals surface area contributed by atoms with E-state index in [4.69, 9.17) is 10.5 Å². The predicted octanol–water partition coefficient (Wildman–Crippen LogP) is -0.790. The van der Waals surface area contributed by atoms with E-state index in [0.717, 1.165) is 4.68 Å². The summed E-state index contributed by atoms with van der Waals surface area (Å²) in [5.74, 6) is -1.23. The number of nitrogens with two attached hydrogens (primary N) is 1. The number of carbonyl (C=O) groups is 2. The zero-order valence-electron chi connectivity index (χ0n) is 8.97. The Labute approximate surface area is 91.3 Å². The quantitative estimate of drug-likeness (QED) is 0.672. The first kappa shape index (κ1) is 12.0. The minimum absolute atomic E-state index is 0.0279. The van der Waals surface area contributed by atoms with Crippen molar-refractivity contribution in [3.05, 3.63) is 5.69 Å². The van der Waals surface area contributed by atoms with E-state index in [1.54, 1.807) is 6.92 Å². The molecule has 0 saturated carbocycles. The molecular formula is C8H12N4O4. The van der Waals surface area contributed by atoms with E-state index in [-0.39, 0.29) is 24.7 Å². The maximum Gasteiger partial charge on any atom is 0.362 e. The average molecular weight is 228 g/mol. The first-order valence-electron chi connectivity index (χ1n) is 4.53. The molecule has 16 heavy (non-hydrogen) atoms. The average Bonchev–Trinajstić information content (AvgIpc) is 2.60. The fraction of sp³-hybridized carbons (Fsp3) is 0.500. The first-order chi connectivity index (χ1) is 7.60. The fourth-order valence-corrected chi connectivity index (χ4v) is 1.01. The molecule has 0 unspecified atom stereocenters. The van der Waals surface area contributed by atoms with Crippen molar-refractivity contribution in [2.45, 2.75) is 13.5 Å². The number of ether oxygens (including phenoxy) is 2. The molecule has 88 valence electrons. The van der Waals surface area contributed by atoms with E-state index in [1.165, 1.54) is 7.11 Å². The molecular weight excluding hydrogens is 216 g/mol. The monoisotopic (exact) mass is 228 g/mol. The second kappa shape index (κ2) is 5.10. The Balaban J connectivity index is 2.80. The second-order valence-electron chi connectivity index (χ2n) is 2.78. The third-order valence-electron chi connectivity index (χ3n) is 1.74. The van der Waals surface area contributed by atoms with Crippen LogP contribution in [0.15, 0.2) is 0 Å². The zero-order valence-corrected chi connectivity index (χ0v) is 8.97. The molecule has 0 bridgehead atoms. The highest BCUT2D eigenvalue weighted by Gasteiger charge is 2.19. The molecule has 1 heterocycles. The number of hydrogen-bond donors (Lipinski definition) is 1. The Morgan fingerprint density at radius 3 is 2.75 bits per heavy atom. The Morgan fingerprint density at radius 1 is 1.50 bits per heavy atom. The number of nitrogens with zero attached hydrogens (tertiary/aromatic N) is 3. The van der Waals surface area contributed by atoms with Crippen molar-refractivity contribution in [3.8, 4) is 0 Å². The number of hydrogen-bond acceptors (Lipinski definition) is 7. The normalized spacial score (nSPS) is 9.88. The number of aromatic nitrogens is 3. The fourth-order valence-electron chi connectivity index (χ4n) is 1.01. The van der Waals surface area contributed by atoms with Gasteiger partial charge in [-0.25, -0.2) is 9.48 Å². The van der Waals surface area contributed by atoms with Crippen LogP contribution in [0, 0.1) is 0 Å². The van der Waals surface area contributed by atoms with Gasteiger partial charge in [0.1, 0.15) is 6.54 Å². The summed E-state index contributed by atoms with van der Waals surface area (Å²) in [6.07, 6.45) is 0. The van der Waals surface area contributed by atoms with E-state index >= 15 is 0 Å². The van der Waals surface area contributed by atoms with Gasteiger partial charge in [-0.3, -0.25) is 4.79 Å². The minimum atomic E-state index is -0.701. The summed E-state index contributed by atoms with van der Waals surface area (Å²) in [6, 6.07) is 0. The molecule has 0 aliphatic carbocycles. The van der Waals surface area contributed by atoms with Gasteiger partial charge in [0.25, 0.3) is 0 Å². The summed E-state index contributed by atoms with van der Waals surface area (Å²) in [7, 11) is 1.20. The second-order valence-corrected chi connectivity index (χ2v) is 2.78. The maximum atomic E-state index is 11.1. The molecule has 1 rings (SSSR count). The Hall–Kier alpha value is -2.12. The molecule has 0 atom stereocenters. The highest BCUT2D eigenvalue weighted by molar-refractivity contribution is 5.91. The van der Waals surface area contributed by atoms with Gasteiger partial charge in [-0.05, 0) is 6.92 Å². The lowest BCUT2D eigenvalue weighted by molar-refractivity contribution is -0.144. The van der Waals surface area contributed by atoms with Crippen LogP contribution in [0.1, 0.15) is 17.4 Å². The Bertz CT molecular complexity index is 401. The smallest absolute Gasteiger partial charge is 0.362 e. The minimum Gasteiger partial charge on any atom is -0.465 e. The lowest BCUT2D eigenvalue weighted by Gasteiger charge is -2.02. The van der Waals surface area contributed by atoms with E-state index in [2.05, 4.69) is 15.0 Å². The number of rotatable bonds is 4. The van der Waals surface area contributed by atoms with Crippen LogP contribution >= 0.6 is 0 Å². The molecule has 1 aromatic heterocycles. The van der Waals surface area contributed by atoms with Gasteiger partial charge < -0.3 is 15.2 Å². The largest absolute Gasteiger partial charge is 0.465 e. The molecule has 0 spiro atoms. The third kappa shape index (κ3) is 2.47. The van der Waals surface area contributed by atoms with Gasteiger partial charge in [0.05, 0.1) is 13.7 Å². The van der Waals surface area contributed by atoms with Gasteiger partial charge in [0.2, 0.25) is 5.69 Å². The lowest BCUT2D eigenvalue weighted by Crippen LogP contribution is -2.16. The lowest BCUT2D eigenvalue weighted by atomic mass is 10.4.